The van der Waals surface area contributed by atoms with Crippen molar-refractivity contribution in [2.45, 2.75) is 12.2 Å². The van der Waals surface area contributed by atoms with Gasteiger partial charge in [0.15, 0.2) is 0 Å². The molecule has 0 spiro atoms. The van der Waals surface area contributed by atoms with Gasteiger partial charge in [-0.3, -0.25) is 4.98 Å². The maximum Gasteiger partial charge on any atom is 0.419 e. The highest BCUT2D eigenvalue weighted by Gasteiger charge is 2.34. The summed E-state index contributed by atoms with van der Waals surface area (Å²) in [4.78, 5) is 3.95. The summed E-state index contributed by atoms with van der Waals surface area (Å²) in [6, 6.07) is 4.81. The van der Waals surface area contributed by atoms with E-state index in [-0.39, 0.29) is 5.56 Å². The van der Waals surface area contributed by atoms with Gasteiger partial charge in [0.05, 0.1) is 22.3 Å². The lowest BCUT2D eigenvalue weighted by molar-refractivity contribution is -0.140. The normalized spacial score (nSPS) is 13.3. The standard InChI is InChI=1S/C13H9ClF4N2/c14-8-2-4-11(20-6-8)12(19)7-1-3-9(10(15)5-7)13(16,17)18/h1-6,12H,19H2. The fourth-order valence-electron chi connectivity index (χ4n) is 1.70. The number of aromatic nitrogens is 1. The van der Waals surface area contributed by atoms with Crippen molar-refractivity contribution >= 4 is 11.6 Å². The predicted molar refractivity (Wildman–Crippen MR) is 66.7 cm³/mol. The number of rotatable bonds is 2. The molecular formula is C13H9ClF4N2. The van der Waals surface area contributed by atoms with E-state index in [9.17, 15) is 17.6 Å². The average molecular weight is 305 g/mol. The molecule has 0 aliphatic heterocycles. The highest BCUT2D eigenvalue weighted by Crippen LogP contribution is 2.32. The summed E-state index contributed by atoms with van der Waals surface area (Å²) < 4.78 is 50.8. The van der Waals surface area contributed by atoms with Crippen molar-refractivity contribution in [2.75, 3.05) is 0 Å². The minimum Gasteiger partial charge on any atom is -0.319 e. The molecule has 0 amide bonds. The Kier molecular flexibility index (Phi) is 3.96. The van der Waals surface area contributed by atoms with Gasteiger partial charge in [-0.15, -0.1) is 0 Å². The molecule has 7 heteroatoms. The van der Waals surface area contributed by atoms with Gasteiger partial charge >= 0.3 is 6.18 Å². The van der Waals surface area contributed by atoms with Gasteiger partial charge < -0.3 is 5.73 Å². The van der Waals surface area contributed by atoms with E-state index in [0.717, 1.165) is 12.1 Å². The van der Waals surface area contributed by atoms with E-state index in [0.29, 0.717) is 16.8 Å². The molecule has 0 saturated carbocycles. The third kappa shape index (κ3) is 3.08. The van der Waals surface area contributed by atoms with Crippen molar-refractivity contribution in [3.63, 3.8) is 0 Å². The molecule has 2 nitrogen and oxygen atoms in total. The molecule has 1 unspecified atom stereocenters. The summed E-state index contributed by atoms with van der Waals surface area (Å²) in [5.41, 5.74) is 5.10. The largest absolute Gasteiger partial charge is 0.419 e. The van der Waals surface area contributed by atoms with Crippen molar-refractivity contribution < 1.29 is 17.6 Å². The number of pyridine rings is 1. The molecule has 0 fully saturated rings. The monoisotopic (exact) mass is 304 g/mol. The third-order valence-electron chi connectivity index (χ3n) is 2.73. The summed E-state index contributed by atoms with van der Waals surface area (Å²) in [5.74, 6) is -1.36. The number of benzene rings is 1. The molecule has 106 valence electrons. The molecule has 0 bridgehead atoms. The van der Waals surface area contributed by atoms with Crippen LogP contribution in [0.25, 0.3) is 0 Å². The van der Waals surface area contributed by atoms with Crippen LogP contribution in [0.4, 0.5) is 17.6 Å². The van der Waals surface area contributed by atoms with E-state index in [1.165, 1.54) is 12.3 Å². The molecule has 2 N–H and O–H groups in total. The van der Waals surface area contributed by atoms with Crippen LogP contribution in [0.2, 0.25) is 5.02 Å². The molecule has 2 rings (SSSR count). The summed E-state index contributed by atoms with van der Waals surface area (Å²) >= 11 is 5.67. The van der Waals surface area contributed by atoms with Crippen LogP contribution in [0.15, 0.2) is 36.5 Å². The Morgan fingerprint density at radius 1 is 1.15 bits per heavy atom. The molecule has 0 aliphatic rings. The molecule has 0 aliphatic carbocycles. The minimum atomic E-state index is -4.73. The molecule has 1 aromatic carbocycles. The first-order valence-corrected chi connectivity index (χ1v) is 5.90. The maximum absolute atomic E-state index is 13.5. The summed E-state index contributed by atoms with van der Waals surface area (Å²) in [6.45, 7) is 0. The Bertz CT molecular complexity index is 611. The first-order valence-electron chi connectivity index (χ1n) is 5.52. The number of halogens is 5. The molecule has 0 radical (unpaired) electrons. The van der Waals surface area contributed by atoms with Crippen LogP contribution < -0.4 is 5.73 Å². The van der Waals surface area contributed by atoms with Crippen LogP contribution >= 0.6 is 11.6 Å². The van der Waals surface area contributed by atoms with Gasteiger partial charge in [0.25, 0.3) is 0 Å². The Labute approximate surface area is 117 Å². The highest BCUT2D eigenvalue weighted by molar-refractivity contribution is 6.30. The van der Waals surface area contributed by atoms with Gasteiger partial charge in [0.2, 0.25) is 0 Å². The highest BCUT2D eigenvalue weighted by atomic mass is 35.5. The molecule has 1 atom stereocenters. The van der Waals surface area contributed by atoms with Crippen LogP contribution in [0.3, 0.4) is 0 Å². The lowest BCUT2D eigenvalue weighted by Gasteiger charge is -2.14. The first kappa shape index (κ1) is 14.7. The minimum absolute atomic E-state index is 0.199. The van der Waals surface area contributed by atoms with E-state index in [1.54, 1.807) is 6.07 Å². The Hall–Kier alpha value is -1.66. The number of nitrogens with two attached hydrogens (primary N) is 1. The van der Waals surface area contributed by atoms with Crippen LogP contribution in [0.1, 0.15) is 22.9 Å². The molecule has 20 heavy (non-hydrogen) atoms. The van der Waals surface area contributed by atoms with Gasteiger partial charge in [-0.05, 0) is 29.8 Å². The molecule has 0 saturated heterocycles. The van der Waals surface area contributed by atoms with Gasteiger partial charge in [-0.1, -0.05) is 17.7 Å². The van der Waals surface area contributed by atoms with Gasteiger partial charge in [0.1, 0.15) is 5.82 Å². The fraction of sp³-hybridized carbons (Fsp3) is 0.154. The summed E-state index contributed by atoms with van der Waals surface area (Å²) in [7, 11) is 0. The number of alkyl halides is 3. The number of nitrogens with zero attached hydrogens (tertiary/aromatic N) is 1. The zero-order valence-corrected chi connectivity index (χ0v) is 10.7. The number of hydrogen-bond acceptors (Lipinski definition) is 2. The number of hydrogen-bond donors (Lipinski definition) is 1. The molecule has 1 heterocycles. The Morgan fingerprint density at radius 3 is 2.35 bits per heavy atom. The second-order valence-electron chi connectivity index (χ2n) is 4.12. The SMILES string of the molecule is NC(c1ccc(C(F)(F)F)c(F)c1)c1ccc(Cl)cn1. The van der Waals surface area contributed by atoms with Gasteiger partial charge in [-0.2, -0.15) is 13.2 Å². The van der Waals surface area contributed by atoms with E-state index in [4.69, 9.17) is 17.3 Å². The first-order chi connectivity index (χ1) is 9.29. The van der Waals surface area contributed by atoms with Crippen LogP contribution in [0.5, 0.6) is 0 Å². The van der Waals surface area contributed by atoms with E-state index in [1.807, 2.05) is 0 Å². The van der Waals surface area contributed by atoms with Crippen molar-refractivity contribution in [3.05, 3.63) is 64.2 Å². The van der Waals surface area contributed by atoms with Crippen molar-refractivity contribution in [3.8, 4) is 0 Å². The van der Waals surface area contributed by atoms with Crippen molar-refractivity contribution in [2.24, 2.45) is 5.73 Å². The van der Waals surface area contributed by atoms with E-state index in [2.05, 4.69) is 4.98 Å². The van der Waals surface area contributed by atoms with Gasteiger partial charge in [0, 0.05) is 6.20 Å². The van der Waals surface area contributed by atoms with Crippen molar-refractivity contribution in [1.82, 2.24) is 4.98 Å². The average Bonchev–Trinajstić information content (AvgIpc) is 2.37. The quantitative estimate of drug-likeness (QED) is 0.854. The van der Waals surface area contributed by atoms with Crippen LogP contribution in [-0.4, -0.2) is 4.98 Å². The van der Waals surface area contributed by atoms with Crippen LogP contribution in [0, 0.1) is 5.82 Å². The Balaban J connectivity index is 2.34. The molecule has 2 aromatic rings. The predicted octanol–water partition coefficient (Wildman–Crippen LogP) is 3.94. The molecule has 1 aromatic heterocycles. The topological polar surface area (TPSA) is 38.9 Å². The van der Waals surface area contributed by atoms with E-state index >= 15 is 0 Å². The lowest BCUT2D eigenvalue weighted by Crippen LogP contribution is -2.15. The summed E-state index contributed by atoms with van der Waals surface area (Å²) in [5, 5.41) is 0.402. The smallest absolute Gasteiger partial charge is 0.319 e. The second kappa shape index (κ2) is 5.38. The van der Waals surface area contributed by atoms with Gasteiger partial charge in [-0.25, -0.2) is 4.39 Å². The lowest BCUT2D eigenvalue weighted by atomic mass is 10.0. The third-order valence-corrected chi connectivity index (χ3v) is 2.95. The van der Waals surface area contributed by atoms with Crippen LogP contribution in [-0.2, 0) is 6.18 Å². The summed E-state index contributed by atoms with van der Waals surface area (Å²) in [6.07, 6.45) is -3.37. The Morgan fingerprint density at radius 2 is 1.85 bits per heavy atom. The molecular weight excluding hydrogens is 296 g/mol. The maximum atomic E-state index is 13.5. The zero-order chi connectivity index (χ0) is 14.9. The second-order valence-corrected chi connectivity index (χ2v) is 4.55. The van der Waals surface area contributed by atoms with Crippen molar-refractivity contribution in [1.29, 1.82) is 0 Å². The fourth-order valence-corrected chi connectivity index (χ4v) is 1.81. The zero-order valence-electron chi connectivity index (χ0n) is 9.96. The van der Waals surface area contributed by atoms with E-state index < -0.39 is 23.6 Å².